The Kier molecular flexibility index (Phi) is 4.51. The largest absolute Gasteiger partial charge is 0.497 e. The summed E-state index contributed by atoms with van der Waals surface area (Å²) in [6.07, 6.45) is 0.828. The number of rotatable bonds is 4. The predicted octanol–water partition coefficient (Wildman–Crippen LogP) is 5.47. The minimum absolute atomic E-state index is 0.0481. The Labute approximate surface area is 164 Å². The van der Waals surface area contributed by atoms with Gasteiger partial charge in [0.2, 0.25) is 0 Å². The van der Waals surface area contributed by atoms with Crippen LogP contribution in [0.5, 0.6) is 5.75 Å². The first-order chi connectivity index (χ1) is 13.5. The van der Waals surface area contributed by atoms with Crippen molar-refractivity contribution in [2.24, 2.45) is 0 Å². The molecule has 0 spiro atoms. The van der Waals surface area contributed by atoms with Gasteiger partial charge < -0.3 is 10.1 Å². The van der Waals surface area contributed by atoms with Crippen LogP contribution in [0.1, 0.15) is 36.1 Å². The lowest BCUT2D eigenvalue weighted by atomic mass is 9.68. The van der Waals surface area contributed by atoms with Gasteiger partial charge in [-0.3, -0.25) is 10.1 Å². The van der Waals surface area contributed by atoms with Gasteiger partial charge in [0, 0.05) is 23.2 Å². The predicted molar refractivity (Wildman–Crippen MR) is 110 cm³/mol. The van der Waals surface area contributed by atoms with Gasteiger partial charge >= 0.3 is 0 Å². The summed E-state index contributed by atoms with van der Waals surface area (Å²) in [6, 6.07) is 23.4. The Balaban J connectivity index is 1.80. The number of anilines is 1. The molecule has 0 radical (unpaired) electrons. The average Bonchev–Trinajstić information content (AvgIpc) is 2.74. The summed E-state index contributed by atoms with van der Waals surface area (Å²) in [5.74, 6) is 0.830. The molecule has 5 heteroatoms. The molecule has 1 aliphatic heterocycles. The molecule has 0 saturated heterocycles. The second kappa shape index (κ2) is 7.00. The van der Waals surface area contributed by atoms with Crippen LogP contribution in [-0.4, -0.2) is 12.0 Å². The van der Waals surface area contributed by atoms with Crippen LogP contribution in [-0.2, 0) is 5.41 Å². The van der Waals surface area contributed by atoms with E-state index in [4.69, 9.17) is 4.74 Å². The molecule has 0 aromatic heterocycles. The zero-order valence-electron chi connectivity index (χ0n) is 15.9. The number of hydrogen-bond acceptors (Lipinski definition) is 4. The second-order valence-corrected chi connectivity index (χ2v) is 7.36. The van der Waals surface area contributed by atoms with Crippen LogP contribution in [0.2, 0.25) is 0 Å². The topological polar surface area (TPSA) is 64.4 Å². The third kappa shape index (κ3) is 3.09. The molecule has 4 rings (SSSR count). The van der Waals surface area contributed by atoms with Crippen LogP contribution >= 0.6 is 0 Å². The highest BCUT2D eigenvalue weighted by Gasteiger charge is 2.38. The molecular formula is C23H22N2O3. The number of hydrogen-bond donors (Lipinski definition) is 1. The highest BCUT2D eigenvalue weighted by atomic mass is 16.6. The summed E-state index contributed by atoms with van der Waals surface area (Å²) in [5, 5.41) is 14.6. The molecule has 1 aliphatic rings. The minimum atomic E-state index is -0.367. The molecular weight excluding hydrogens is 352 g/mol. The van der Waals surface area contributed by atoms with E-state index < -0.39 is 0 Å². The Morgan fingerprint density at radius 3 is 2.43 bits per heavy atom. The molecule has 1 heterocycles. The third-order valence-corrected chi connectivity index (χ3v) is 5.68. The van der Waals surface area contributed by atoms with Crippen LogP contribution in [0.3, 0.4) is 0 Å². The van der Waals surface area contributed by atoms with Crippen molar-refractivity contribution in [2.75, 3.05) is 12.4 Å². The Bertz CT molecular complexity index is 1000. The molecule has 1 N–H and O–H groups in total. The second-order valence-electron chi connectivity index (χ2n) is 7.36. The standard InChI is InChI=1S/C23H22N2O3/c1-23(17-6-4-3-5-7-17)15-22(16-8-10-18(11-9-16)25(26)27)24-21-13-12-19(28-2)14-20(21)23/h3-14,22,24H,15H2,1-2H3/t22-,23-/m0/s1. The monoisotopic (exact) mass is 374 g/mol. The van der Waals surface area contributed by atoms with E-state index >= 15 is 0 Å². The fourth-order valence-corrected chi connectivity index (χ4v) is 4.10. The van der Waals surface area contributed by atoms with E-state index in [-0.39, 0.29) is 22.1 Å². The van der Waals surface area contributed by atoms with Crippen molar-refractivity contribution >= 4 is 11.4 Å². The van der Waals surface area contributed by atoms with Gasteiger partial charge in [0.15, 0.2) is 0 Å². The van der Waals surface area contributed by atoms with Crippen LogP contribution in [0.25, 0.3) is 0 Å². The molecule has 0 saturated carbocycles. The van der Waals surface area contributed by atoms with Gasteiger partial charge in [0.05, 0.1) is 18.1 Å². The third-order valence-electron chi connectivity index (χ3n) is 5.68. The SMILES string of the molecule is COc1ccc2c(c1)[C@](C)(c1ccccc1)C[C@@H](c1ccc([N+](=O)[O-])cc1)N2. The van der Waals surface area contributed by atoms with Crippen molar-refractivity contribution in [3.8, 4) is 5.75 Å². The molecule has 3 aromatic carbocycles. The molecule has 0 fully saturated rings. The summed E-state index contributed by atoms with van der Waals surface area (Å²) >= 11 is 0. The minimum Gasteiger partial charge on any atom is -0.497 e. The normalized spacial score (nSPS) is 20.7. The molecule has 0 unspecified atom stereocenters. The van der Waals surface area contributed by atoms with Crippen LogP contribution in [0.4, 0.5) is 11.4 Å². The summed E-state index contributed by atoms with van der Waals surface area (Å²) in [7, 11) is 1.68. The Morgan fingerprint density at radius 1 is 1.07 bits per heavy atom. The number of nitrogens with one attached hydrogen (secondary N) is 1. The fraction of sp³-hybridized carbons (Fsp3) is 0.217. The zero-order valence-corrected chi connectivity index (χ0v) is 15.9. The maximum absolute atomic E-state index is 11.0. The van der Waals surface area contributed by atoms with Gasteiger partial charge in [0.1, 0.15) is 5.75 Å². The van der Waals surface area contributed by atoms with Crippen molar-refractivity contribution in [3.63, 3.8) is 0 Å². The van der Waals surface area contributed by atoms with Gasteiger partial charge in [-0.1, -0.05) is 49.4 Å². The molecule has 0 amide bonds. The number of fused-ring (bicyclic) bond motifs is 1. The lowest BCUT2D eigenvalue weighted by Crippen LogP contribution is -2.34. The van der Waals surface area contributed by atoms with Gasteiger partial charge in [-0.05, 0) is 41.3 Å². The zero-order chi connectivity index (χ0) is 19.7. The first kappa shape index (κ1) is 18.0. The van der Waals surface area contributed by atoms with E-state index in [1.807, 2.05) is 30.3 Å². The first-order valence-corrected chi connectivity index (χ1v) is 9.26. The van der Waals surface area contributed by atoms with Crippen molar-refractivity contribution in [1.82, 2.24) is 0 Å². The molecule has 0 bridgehead atoms. The average molecular weight is 374 g/mol. The smallest absolute Gasteiger partial charge is 0.269 e. The lowest BCUT2D eigenvalue weighted by Gasteiger charge is -2.42. The number of nitro groups is 1. The van der Waals surface area contributed by atoms with Gasteiger partial charge in [-0.25, -0.2) is 0 Å². The molecule has 0 aliphatic carbocycles. The van der Waals surface area contributed by atoms with Crippen LogP contribution in [0, 0.1) is 10.1 Å². The number of nitro benzene ring substituents is 1. The first-order valence-electron chi connectivity index (χ1n) is 9.26. The lowest BCUT2D eigenvalue weighted by molar-refractivity contribution is -0.384. The Morgan fingerprint density at radius 2 is 1.79 bits per heavy atom. The van der Waals surface area contributed by atoms with E-state index in [9.17, 15) is 10.1 Å². The summed E-state index contributed by atoms with van der Waals surface area (Å²) in [4.78, 5) is 10.6. The molecule has 2 atom stereocenters. The van der Waals surface area contributed by atoms with Gasteiger partial charge in [0.25, 0.3) is 5.69 Å². The quantitative estimate of drug-likeness (QED) is 0.486. The summed E-state index contributed by atoms with van der Waals surface area (Å²) < 4.78 is 5.46. The number of nitrogens with zero attached hydrogens (tertiary/aromatic N) is 1. The number of ether oxygens (including phenoxy) is 1. The van der Waals surface area contributed by atoms with E-state index in [2.05, 4.69) is 42.6 Å². The van der Waals surface area contributed by atoms with Gasteiger partial charge in [-0.15, -0.1) is 0 Å². The van der Waals surface area contributed by atoms with Crippen molar-refractivity contribution in [2.45, 2.75) is 24.8 Å². The molecule has 142 valence electrons. The number of methoxy groups -OCH3 is 1. The Hall–Kier alpha value is -3.34. The molecule has 28 heavy (non-hydrogen) atoms. The maximum Gasteiger partial charge on any atom is 0.269 e. The molecule has 5 nitrogen and oxygen atoms in total. The van der Waals surface area contributed by atoms with E-state index in [1.165, 1.54) is 11.1 Å². The fourth-order valence-electron chi connectivity index (χ4n) is 4.10. The van der Waals surface area contributed by atoms with Crippen LogP contribution < -0.4 is 10.1 Å². The van der Waals surface area contributed by atoms with Crippen molar-refractivity contribution in [3.05, 3.63) is 99.6 Å². The van der Waals surface area contributed by atoms with E-state index in [0.717, 1.165) is 23.4 Å². The highest BCUT2D eigenvalue weighted by Crippen LogP contribution is 2.49. The summed E-state index contributed by atoms with van der Waals surface area (Å²) in [6.45, 7) is 2.25. The number of non-ortho nitro benzene ring substituents is 1. The van der Waals surface area contributed by atoms with E-state index in [0.29, 0.717) is 0 Å². The summed E-state index contributed by atoms with van der Waals surface area (Å²) in [5.41, 5.74) is 4.41. The van der Waals surface area contributed by atoms with E-state index in [1.54, 1.807) is 19.2 Å². The maximum atomic E-state index is 11.0. The van der Waals surface area contributed by atoms with Gasteiger partial charge in [-0.2, -0.15) is 0 Å². The van der Waals surface area contributed by atoms with Crippen LogP contribution in [0.15, 0.2) is 72.8 Å². The highest BCUT2D eigenvalue weighted by molar-refractivity contribution is 5.64. The van der Waals surface area contributed by atoms with Crippen molar-refractivity contribution < 1.29 is 9.66 Å². The molecule has 3 aromatic rings. The van der Waals surface area contributed by atoms with Crippen molar-refractivity contribution in [1.29, 1.82) is 0 Å². The number of benzene rings is 3.